The molecule has 1 saturated heterocycles. The summed E-state index contributed by atoms with van der Waals surface area (Å²) >= 11 is 0. The molecular formula is C15H21F3N5+. The quantitative estimate of drug-likeness (QED) is 0.862. The number of aromatic nitrogens is 3. The summed E-state index contributed by atoms with van der Waals surface area (Å²) in [6.07, 6.45) is -4.47. The molecular weight excluding hydrogens is 307 g/mol. The molecule has 2 aromatic heterocycles. The Morgan fingerprint density at radius 2 is 1.70 bits per heavy atom. The molecule has 2 aromatic rings. The molecule has 3 heterocycles. The van der Waals surface area contributed by atoms with Crippen LogP contribution >= 0.6 is 0 Å². The minimum atomic E-state index is -4.47. The SMILES string of the molecule is CC(C)(C)c1cc2nc(C(F)(F)F)cc(N3CC[NH2+]CC3)n2n1. The molecule has 0 amide bonds. The van der Waals surface area contributed by atoms with Crippen LogP contribution in [0.2, 0.25) is 0 Å². The molecule has 23 heavy (non-hydrogen) atoms. The van der Waals surface area contributed by atoms with E-state index in [4.69, 9.17) is 0 Å². The molecule has 0 aromatic carbocycles. The van der Waals surface area contributed by atoms with E-state index in [9.17, 15) is 13.2 Å². The molecule has 2 N–H and O–H groups in total. The highest BCUT2D eigenvalue weighted by Crippen LogP contribution is 2.32. The lowest BCUT2D eigenvalue weighted by Gasteiger charge is -2.27. The van der Waals surface area contributed by atoms with Crippen LogP contribution in [0.15, 0.2) is 12.1 Å². The van der Waals surface area contributed by atoms with E-state index in [-0.39, 0.29) is 11.1 Å². The van der Waals surface area contributed by atoms with Crippen molar-refractivity contribution in [3.05, 3.63) is 23.5 Å². The van der Waals surface area contributed by atoms with E-state index in [2.05, 4.69) is 15.4 Å². The smallest absolute Gasteiger partial charge is 0.345 e. The van der Waals surface area contributed by atoms with Crippen LogP contribution < -0.4 is 10.2 Å². The zero-order chi connectivity index (χ0) is 16.8. The van der Waals surface area contributed by atoms with Gasteiger partial charge in [-0.2, -0.15) is 22.8 Å². The standard InChI is InChI=1S/C15H20F3N5/c1-14(2,3)10-8-12-20-11(15(16,17)18)9-13(23(12)21-10)22-6-4-19-5-7-22/h8-9,19H,4-7H2,1-3H3/p+1. The molecule has 0 saturated carbocycles. The molecule has 0 spiro atoms. The van der Waals surface area contributed by atoms with Crippen molar-refractivity contribution in [2.75, 3.05) is 31.1 Å². The maximum atomic E-state index is 13.2. The van der Waals surface area contributed by atoms with Crippen molar-refractivity contribution in [2.45, 2.75) is 32.4 Å². The number of halogens is 3. The van der Waals surface area contributed by atoms with Crippen molar-refractivity contribution in [2.24, 2.45) is 0 Å². The van der Waals surface area contributed by atoms with E-state index in [0.717, 1.165) is 24.8 Å². The lowest BCUT2D eigenvalue weighted by atomic mass is 9.93. The number of piperazine rings is 1. The van der Waals surface area contributed by atoms with Crippen molar-refractivity contribution in [1.29, 1.82) is 0 Å². The number of nitrogens with two attached hydrogens (primary N) is 1. The number of fused-ring (bicyclic) bond motifs is 1. The van der Waals surface area contributed by atoms with Gasteiger partial charge in [0.25, 0.3) is 0 Å². The van der Waals surface area contributed by atoms with Crippen molar-refractivity contribution in [3.63, 3.8) is 0 Å². The van der Waals surface area contributed by atoms with E-state index in [1.54, 1.807) is 10.6 Å². The van der Waals surface area contributed by atoms with Gasteiger partial charge in [0.15, 0.2) is 11.3 Å². The molecule has 8 heteroatoms. The predicted molar refractivity (Wildman–Crippen MR) is 80.6 cm³/mol. The number of hydrogen-bond donors (Lipinski definition) is 1. The number of anilines is 1. The average molecular weight is 328 g/mol. The highest BCUT2D eigenvalue weighted by atomic mass is 19.4. The topological polar surface area (TPSA) is 50.0 Å². The van der Waals surface area contributed by atoms with E-state index in [0.29, 0.717) is 18.9 Å². The number of nitrogens with zero attached hydrogens (tertiary/aromatic N) is 4. The van der Waals surface area contributed by atoms with Gasteiger partial charge < -0.3 is 10.2 Å². The first-order valence-corrected chi connectivity index (χ1v) is 7.71. The second-order valence-electron chi connectivity index (χ2n) is 6.90. The van der Waals surface area contributed by atoms with Gasteiger partial charge in [0, 0.05) is 17.5 Å². The maximum Gasteiger partial charge on any atom is 0.433 e. The molecule has 0 unspecified atom stereocenters. The van der Waals surface area contributed by atoms with Crippen LogP contribution in [0.3, 0.4) is 0 Å². The van der Waals surface area contributed by atoms with Crippen molar-refractivity contribution < 1.29 is 18.5 Å². The Labute approximate surface area is 132 Å². The zero-order valence-electron chi connectivity index (χ0n) is 13.5. The molecule has 0 atom stereocenters. The number of hydrogen-bond acceptors (Lipinski definition) is 3. The Morgan fingerprint density at radius 1 is 1.04 bits per heavy atom. The fourth-order valence-corrected chi connectivity index (χ4v) is 2.68. The van der Waals surface area contributed by atoms with Crippen LogP contribution in [0.4, 0.5) is 19.0 Å². The fourth-order valence-electron chi connectivity index (χ4n) is 2.68. The summed E-state index contributed by atoms with van der Waals surface area (Å²) in [7, 11) is 0. The predicted octanol–water partition coefficient (Wildman–Crippen LogP) is 1.43. The third kappa shape index (κ3) is 3.12. The van der Waals surface area contributed by atoms with Gasteiger partial charge in [0.05, 0.1) is 31.9 Å². The van der Waals surface area contributed by atoms with E-state index in [1.807, 2.05) is 25.7 Å². The fraction of sp³-hybridized carbons (Fsp3) is 0.600. The van der Waals surface area contributed by atoms with Crippen molar-refractivity contribution in [3.8, 4) is 0 Å². The molecule has 0 bridgehead atoms. The number of alkyl halides is 3. The number of quaternary nitrogens is 1. The first-order valence-electron chi connectivity index (χ1n) is 7.71. The van der Waals surface area contributed by atoms with Gasteiger partial charge in [-0.05, 0) is 0 Å². The van der Waals surface area contributed by atoms with Gasteiger partial charge in [-0.15, -0.1) is 0 Å². The molecule has 1 aliphatic heterocycles. The molecule has 126 valence electrons. The zero-order valence-corrected chi connectivity index (χ0v) is 13.5. The summed E-state index contributed by atoms with van der Waals surface area (Å²) in [5.74, 6) is 0.464. The van der Waals surface area contributed by atoms with Crippen LogP contribution in [0.1, 0.15) is 32.2 Å². The Kier molecular flexibility index (Phi) is 3.74. The Morgan fingerprint density at radius 3 is 2.26 bits per heavy atom. The van der Waals surface area contributed by atoms with E-state index in [1.165, 1.54) is 0 Å². The van der Waals surface area contributed by atoms with Gasteiger partial charge in [0.1, 0.15) is 5.82 Å². The minimum absolute atomic E-state index is 0.245. The minimum Gasteiger partial charge on any atom is -0.345 e. The van der Waals surface area contributed by atoms with Gasteiger partial charge in [-0.1, -0.05) is 20.8 Å². The molecule has 0 radical (unpaired) electrons. The lowest BCUT2D eigenvalue weighted by molar-refractivity contribution is -0.655. The van der Waals surface area contributed by atoms with Crippen LogP contribution in [-0.4, -0.2) is 40.8 Å². The highest BCUT2D eigenvalue weighted by Gasteiger charge is 2.35. The largest absolute Gasteiger partial charge is 0.433 e. The molecule has 5 nitrogen and oxygen atoms in total. The summed E-state index contributed by atoms with van der Waals surface area (Å²) < 4.78 is 41.1. The van der Waals surface area contributed by atoms with Gasteiger partial charge in [0.2, 0.25) is 0 Å². The second-order valence-corrected chi connectivity index (χ2v) is 6.90. The summed E-state index contributed by atoms with van der Waals surface area (Å²) in [6.45, 7) is 9.05. The first-order chi connectivity index (χ1) is 10.7. The first kappa shape index (κ1) is 16.0. The molecule has 1 fully saturated rings. The summed E-state index contributed by atoms with van der Waals surface area (Å²) in [5, 5.41) is 6.67. The molecule has 3 rings (SSSR count). The van der Waals surface area contributed by atoms with Crippen molar-refractivity contribution in [1.82, 2.24) is 14.6 Å². The Hall–Kier alpha value is -1.83. The third-order valence-electron chi connectivity index (χ3n) is 4.00. The van der Waals surface area contributed by atoms with Crippen LogP contribution in [0, 0.1) is 0 Å². The second kappa shape index (κ2) is 5.36. The maximum absolute atomic E-state index is 13.2. The van der Waals surface area contributed by atoms with Crippen LogP contribution in [-0.2, 0) is 11.6 Å². The van der Waals surface area contributed by atoms with E-state index >= 15 is 0 Å². The third-order valence-corrected chi connectivity index (χ3v) is 4.00. The van der Waals surface area contributed by atoms with E-state index < -0.39 is 11.9 Å². The molecule has 0 aliphatic carbocycles. The lowest BCUT2D eigenvalue weighted by Crippen LogP contribution is -2.89. The van der Waals surface area contributed by atoms with Crippen LogP contribution in [0.5, 0.6) is 0 Å². The summed E-state index contributed by atoms with van der Waals surface area (Å²) in [5.41, 5.74) is -0.141. The summed E-state index contributed by atoms with van der Waals surface area (Å²) in [4.78, 5) is 5.72. The normalized spacial score (nSPS) is 17.0. The molecule has 1 aliphatic rings. The Balaban J connectivity index is 2.19. The van der Waals surface area contributed by atoms with Crippen molar-refractivity contribution >= 4 is 11.5 Å². The Bertz CT molecular complexity index is 708. The van der Waals surface area contributed by atoms with Crippen LogP contribution in [0.25, 0.3) is 5.65 Å². The summed E-state index contributed by atoms with van der Waals surface area (Å²) in [6, 6.07) is 2.76. The highest BCUT2D eigenvalue weighted by molar-refractivity contribution is 5.53. The number of rotatable bonds is 1. The monoisotopic (exact) mass is 328 g/mol. The van der Waals surface area contributed by atoms with Gasteiger partial charge in [-0.25, -0.2) is 4.98 Å². The van der Waals surface area contributed by atoms with Gasteiger partial charge in [-0.3, -0.25) is 0 Å². The van der Waals surface area contributed by atoms with Gasteiger partial charge >= 0.3 is 6.18 Å². The average Bonchev–Trinajstić information content (AvgIpc) is 2.90.